The van der Waals surface area contributed by atoms with E-state index in [-0.39, 0.29) is 11.9 Å². The van der Waals surface area contributed by atoms with Crippen molar-refractivity contribution in [2.45, 2.75) is 39.2 Å². The van der Waals surface area contributed by atoms with Crippen LogP contribution in [0.3, 0.4) is 0 Å². The Kier molecular flexibility index (Phi) is 5.51. The average Bonchev–Trinajstić information content (AvgIpc) is 2.47. The van der Waals surface area contributed by atoms with Crippen LogP contribution in [0.5, 0.6) is 0 Å². The molecule has 2 heteroatoms. The van der Waals surface area contributed by atoms with E-state index in [1.165, 1.54) is 5.56 Å². The second-order valence-corrected chi connectivity index (χ2v) is 5.52. The molecule has 2 atom stereocenters. The summed E-state index contributed by atoms with van der Waals surface area (Å²) in [5.74, 6) is 0.183. The van der Waals surface area contributed by atoms with Crippen molar-refractivity contribution in [1.82, 2.24) is 5.32 Å². The molecular weight excluding hydrogens is 261 g/mol. The third-order valence-corrected chi connectivity index (χ3v) is 3.92. The summed E-state index contributed by atoms with van der Waals surface area (Å²) in [6, 6.07) is 15.9. The lowest BCUT2D eigenvalue weighted by molar-refractivity contribution is 0.443. The fraction of sp³-hybridized carbons (Fsp3) is 0.368. The highest BCUT2D eigenvalue weighted by molar-refractivity contribution is 5.31. The van der Waals surface area contributed by atoms with Gasteiger partial charge < -0.3 is 5.32 Å². The zero-order valence-electron chi connectivity index (χ0n) is 13.1. The Bertz CT molecular complexity index is 545. The summed E-state index contributed by atoms with van der Waals surface area (Å²) in [5, 5.41) is 3.54. The van der Waals surface area contributed by atoms with Gasteiger partial charge in [0.2, 0.25) is 0 Å². The summed E-state index contributed by atoms with van der Waals surface area (Å²) in [6.07, 6.45) is 1.01. The van der Waals surface area contributed by atoms with Crippen LogP contribution in [0.15, 0.2) is 48.5 Å². The number of halogens is 1. The van der Waals surface area contributed by atoms with E-state index in [1.807, 2.05) is 13.0 Å². The molecule has 0 heterocycles. The number of rotatable bonds is 6. The summed E-state index contributed by atoms with van der Waals surface area (Å²) in [5.41, 5.74) is 3.30. The molecule has 0 fully saturated rings. The largest absolute Gasteiger partial charge is 0.310 e. The average molecular weight is 285 g/mol. The van der Waals surface area contributed by atoms with Crippen molar-refractivity contribution in [3.8, 4) is 0 Å². The van der Waals surface area contributed by atoms with Crippen molar-refractivity contribution in [3.05, 3.63) is 71.0 Å². The molecular formula is C19H24FN. The summed E-state index contributed by atoms with van der Waals surface area (Å²) >= 11 is 0. The Labute approximate surface area is 127 Å². The zero-order chi connectivity index (χ0) is 15.2. The Balaban J connectivity index is 2.41. The van der Waals surface area contributed by atoms with Crippen LogP contribution in [-0.4, -0.2) is 6.54 Å². The van der Waals surface area contributed by atoms with Crippen molar-refractivity contribution >= 4 is 0 Å². The van der Waals surface area contributed by atoms with Crippen LogP contribution in [0.25, 0.3) is 0 Å². The van der Waals surface area contributed by atoms with Gasteiger partial charge in [-0.2, -0.15) is 0 Å². The summed E-state index contributed by atoms with van der Waals surface area (Å²) < 4.78 is 13.8. The lowest BCUT2D eigenvalue weighted by Gasteiger charge is -2.28. The SMILES string of the molecule is CCNC(c1cc(C)cc(F)c1)C(CC)c1ccccc1. The summed E-state index contributed by atoms with van der Waals surface area (Å²) in [4.78, 5) is 0. The molecule has 0 saturated heterocycles. The Hall–Kier alpha value is -1.67. The van der Waals surface area contributed by atoms with Gasteiger partial charge in [-0.3, -0.25) is 0 Å². The Morgan fingerprint density at radius 1 is 1.00 bits per heavy atom. The van der Waals surface area contributed by atoms with Crippen LogP contribution in [-0.2, 0) is 0 Å². The predicted molar refractivity (Wildman–Crippen MR) is 87.0 cm³/mol. The molecule has 2 aromatic carbocycles. The van der Waals surface area contributed by atoms with Crippen LogP contribution in [0, 0.1) is 12.7 Å². The second-order valence-electron chi connectivity index (χ2n) is 5.52. The van der Waals surface area contributed by atoms with Gasteiger partial charge in [0.15, 0.2) is 0 Å². The zero-order valence-corrected chi connectivity index (χ0v) is 13.1. The fourth-order valence-electron chi connectivity index (χ4n) is 3.02. The molecule has 1 N–H and O–H groups in total. The molecule has 0 radical (unpaired) electrons. The predicted octanol–water partition coefficient (Wildman–Crippen LogP) is 4.98. The van der Waals surface area contributed by atoms with Gasteiger partial charge in [0, 0.05) is 12.0 Å². The highest BCUT2D eigenvalue weighted by Gasteiger charge is 2.23. The van der Waals surface area contributed by atoms with Crippen LogP contribution in [0.1, 0.15) is 48.9 Å². The lowest BCUT2D eigenvalue weighted by Crippen LogP contribution is -2.27. The smallest absolute Gasteiger partial charge is 0.123 e. The fourth-order valence-corrected chi connectivity index (χ4v) is 3.02. The topological polar surface area (TPSA) is 12.0 Å². The molecule has 2 rings (SSSR count). The van der Waals surface area contributed by atoms with Gasteiger partial charge in [-0.15, -0.1) is 0 Å². The highest BCUT2D eigenvalue weighted by atomic mass is 19.1. The van der Waals surface area contributed by atoms with Gasteiger partial charge in [-0.1, -0.05) is 50.2 Å². The normalized spacial score (nSPS) is 13.9. The summed E-state index contributed by atoms with van der Waals surface area (Å²) in [6.45, 7) is 7.09. The first kappa shape index (κ1) is 15.7. The molecule has 0 amide bonds. The maximum Gasteiger partial charge on any atom is 0.123 e. The van der Waals surface area contributed by atoms with Crippen molar-refractivity contribution in [1.29, 1.82) is 0 Å². The van der Waals surface area contributed by atoms with Crippen LogP contribution >= 0.6 is 0 Å². The molecule has 0 aliphatic carbocycles. The minimum absolute atomic E-state index is 0.136. The molecule has 112 valence electrons. The number of likely N-dealkylation sites (N-methyl/N-ethyl adjacent to an activating group) is 1. The number of benzene rings is 2. The van der Waals surface area contributed by atoms with E-state index >= 15 is 0 Å². The molecule has 2 unspecified atom stereocenters. The highest BCUT2D eigenvalue weighted by Crippen LogP contribution is 2.34. The van der Waals surface area contributed by atoms with Gasteiger partial charge in [-0.05, 0) is 48.7 Å². The van der Waals surface area contributed by atoms with E-state index < -0.39 is 0 Å². The van der Waals surface area contributed by atoms with Crippen molar-refractivity contribution in [2.75, 3.05) is 6.54 Å². The van der Waals surface area contributed by atoms with Gasteiger partial charge in [0.25, 0.3) is 0 Å². The first-order valence-electron chi connectivity index (χ1n) is 7.71. The molecule has 0 saturated carbocycles. The molecule has 0 aliphatic heterocycles. The summed E-state index contributed by atoms with van der Waals surface area (Å²) in [7, 11) is 0. The van der Waals surface area contributed by atoms with Crippen LogP contribution in [0.2, 0.25) is 0 Å². The first-order valence-corrected chi connectivity index (χ1v) is 7.71. The van der Waals surface area contributed by atoms with E-state index in [4.69, 9.17) is 0 Å². The van der Waals surface area contributed by atoms with Gasteiger partial charge in [0.1, 0.15) is 5.82 Å². The van der Waals surface area contributed by atoms with Gasteiger partial charge in [-0.25, -0.2) is 4.39 Å². The minimum Gasteiger partial charge on any atom is -0.310 e. The maximum absolute atomic E-state index is 13.8. The lowest BCUT2D eigenvalue weighted by atomic mass is 9.84. The molecule has 0 aromatic heterocycles. The molecule has 0 bridgehead atoms. The van der Waals surface area contributed by atoms with E-state index in [2.05, 4.69) is 49.5 Å². The standard InChI is InChI=1S/C19H24FN/c1-4-18(15-9-7-6-8-10-15)19(21-5-2)16-11-14(3)12-17(20)13-16/h6-13,18-19,21H,4-5H2,1-3H3. The Morgan fingerprint density at radius 2 is 1.71 bits per heavy atom. The third-order valence-electron chi connectivity index (χ3n) is 3.92. The molecule has 21 heavy (non-hydrogen) atoms. The van der Waals surface area contributed by atoms with Gasteiger partial charge in [0.05, 0.1) is 0 Å². The molecule has 0 aliphatic rings. The van der Waals surface area contributed by atoms with Crippen molar-refractivity contribution in [3.63, 3.8) is 0 Å². The van der Waals surface area contributed by atoms with Crippen LogP contribution in [0.4, 0.5) is 4.39 Å². The van der Waals surface area contributed by atoms with Crippen molar-refractivity contribution < 1.29 is 4.39 Å². The van der Waals surface area contributed by atoms with Crippen molar-refractivity contribution in [2.24, 2.45) is 0 Å². The second kappa shape index (κ2) is 7.37. The third kappa shape index (κ3) is 3.92. The maximum atomic E-state index is 13.8. The van der Waals surface area contributed by atoms with E-state index in [0.717, 1.165) is 24.1 Å². The quantitative estimate of drug-likeness (QED) is 0.789. The number of nitrogens with one attached hydrogen (secondary N) is 1. The first-order chi connectivity index (χ1) is 10.2. The number of hydrogen-bond donors (Lipinski definition) is 1. The number of aryl methyl sites for hydroxylation is 1. The minimum atomic E-state index is -0.157. The van der Waals surface area contributed by atoms with E-state index in [9.17, 15) is 4.39 Å². The van der Waals surface area contributed by atoms with E-state index in [1.54, 1.807) is 12.1 Å². The number of hydrogen-bond acceptors (Lipinski definition) is 1. The van der Waals surface area contributed by atoms with Gasteiger partial charge >= 0.3 is 0 Å². The molecule has 2 aromatic rings. The molecule has 0 spiro atoms. The van der Waals surface area contributed by atoms with E-state index in [0.29, 0.717) is 5.92 Å². The van der Waals surface area contributed by atoms with Crippen LogP contribution < -0.4 is 5.32 Å². The monoisotopic (exact) mass is 285 g/mol. The Morgan fingerprint density at radius 3 is 2.29 bits per heavy atom. The molecule has 1 nitrogen and oxygen atoms in total.